The predicted octanol–water partition coefficient (Wildman–Crippen LogP) is 4.22. The summed E-state index contributed by atoms with van der Waals surface area (Å²) in [6, 6.07) is 6.79. The number of likely N-dealkylation sites (N-methyl/N-ethyl adjacent to an activating group) is 1. The summed E-state index contributed by atoms with van der Waals surface area (Å²) < 4.78 is 0. The number of halogens is 2. The summed E-state index contributed by atoms with van der Waals surface area (Å²) in [6.07, 6.45) is 5.88. The van der Waals surface area contributed by atoms with E-state index < -0.39 is 20.8 Å². The van der Waals surface area contributed by atoms with Gasteiger partial charge in [-0.05, 0) is 63.7 Å². The molecule has 4 unspecified atom stereocenters. The number of nitrogens with zero attached hydrogens (tertiary/aromatic N) is 2. The van der Waals surface area contributed by atoms with Gasteiger partial charge in [0, 0.05) is 17.8 Å². The van der Waals surface area contributed by atoms with Crippen molar-refractivity contribution in [3.8, 4) is 5.75 Å². The summed E-state index contributed by atoms with van der Waals surface area (Å²) in [4.78, 5) is 7.19. The first-order valence-corrected chi connectivity index (χ1v) is 14.3. The zero-order valence-corrected chi connectivity index (χ0v) is 17.8. The molecule has 0 heterocycles. The molecule has 2 fully saturated rings. The molecular weight excluding hydrogens is 410 g/mol. The van der Waals surface area contributed by atoms with Crippen molar-refractivity contribution in [2.45, 2.75) is 38.3 Å². The summed E-state index contributed by atoms with van der Waals surface area (Å²) >= 11 is -0.826. The molecule has 1 N–H and O–H groups in total. The fourth-order valence-electron chi connectivity index (χ4n) is 4.12. The molecule has 3 nitrogen and oxygen atoms in total. The van der Waals surface area contributed by atoms with Gasteiger partial charge in [-0.1, -0.05) is 12.1 Å². The zero-order chi connectivity index (χ0) is 17.0. The fourth-order valence-corrected chi connectivity index (χ4v) is 4.12. The Labute approximate surface area is 157 Å². The van der Waals surface area contributed by atoms with E-state index in [0.717, 1.165) is 23.0 Å². The molecule has 1 aromatic rings. The molecule has 6 heteroatoms. The van der Waals surface area contributed by atoms with Gasteiger partial charge in [0.25, 0.3) is 0 Å². The first kappa shape index (κ1) is 19.4. The van der Waals surface area contributed by atoms with E-state index in [9.17, 15) is 5.11 Å². The van der Waals surface area contributed by atoms with Crippen LogP contribution in [0.3, 0.4) is 0 Å². The number of hydrogen-bond donors (Lipinski definition) is 1. The van der Waals surface area contributed by atoms with Gasteiger partial charge in [-0.2, -0.15) is 0 Å². The average Bonchev–Trinajstić information content (AvgIpc) is 3.10. The molecule has 0 radical (unpaired) electrons. The van der Waals surface area contributed by atoms with Gasteiger partial charge in [-0.15, -0.1) is 0 Å². The van der Waals surface area contributed by atoms with E-state index >= 15 is 0 Å². The third-order valence-corrected chi connectivity index (χ3v) is 5.08. The number of aryl methyl sites for hydroxylation is 1. The van der Waals surface area contributed by atoms with E-state index in [2.05, 4.69) is 19.0 Å². The Morgan fingerprint density at radius 3 is 2.57 bits per heavy atom. The minimum atomic E-state index is -0.826. The van der Waals surface area contributed by atoms with Crippen LogP contribution in [0.5, 0.6) is 5.75 Å². The Kier molecular flexibility index (Phi) is 7.60. The number of rotatable bonds is 3. The van der Waals surface area contributed by atoms with E-state index in [1.807, 2.05) is 31.3 Å². The molecule has 0 aromatic heterocycles. The summed E-state index contributed by atoms with van der Waals surface area (Å²) in [5, 5.41) is 10.1. The van der Waals surface area contributed by atoms with E-state index in [4.69, 9.17) is 22.0 Å². The quantitative estimate of drug-likeness (QED) is 0.723. The van der Waals surface area contributed by atoms with Crippen molar-refractivity contribution in [2.24, 2.45) is 16.8 Å². The van der Waals surface area contributed by atoms with Gasteiger partial charge in [0.05, 0.1) is 6.04 Å². The molecule has 1 aromatic carbocycles. The van der Waals surface area contributed by atoms with Crippen LogP contribution in [0.1, 0.15) is 30.4 Å². The first-order chi connectivity index (χ1) is 11.0. The molecule has 23 heavy (non-hydrogen) atoms. The van der Waals surface area contributed by atoms with Crippen molar-refractivity contribution in [3.05, 3.63) is 29.3 Å². The number of para-hydroxylation sites is 1. The number of aromatic hydroxyl groups is 1. The van der Waals surface area contributed by atoms with Crippen molar-refractivity contribution in [1.29, 1.82) is 0 Å². The second-order valence-corrected chi connectivity index (χ2v) is 10.4. The number of hydrogen-bond acceptors (Lipinski definition) is 3. The van der Waals surface area contributed by atoms with Crippen LogP contribution in [-0.2, 0) is 20.8 Å². The van der Waals surface area contributed by atoms with Crippen molar-refractivity contribution >= 4 is 23.2 Å². The average molecular weight is 435 g/mol. The topological polar surface area (TPSA) is 35.8 Å². The third kappa shape index (κ3) is 4.60. The SMILES string of the molecule is Cc1cccc(C=NC2C3CCC(C3)C2N(C)C)c1O.[Cl][Zr][Cl]. The van der Waals surface area contributed by atoms with Gasteiger partial charge in [-0.25, -0.2) is 0 Å². The molecule has 0 spiro atoms. The standard InChI is InChI=1S/C17H24N2O.2ClH.Zr/c1-11-5-4-6-14(17(11)20)10-18-15-12-7-8-13(9-12)16(15)19(2)3;;;/h4-6,10,12-13,15-16,20H,7-9H2,1-3H3;2*1H;/q;;;+2/p-2. The van der Waals surface area contributed by atoms with Gasteiger partial charge in [0.2, 0.25) is 0 Å². The Morgan fingerprint density at radius 2 is 1.91 bits per heavy atom. The molecule has 3 rings (SSSR count). The number of phenols is 1. The van der Waals surface area contributed by atoms with Crippen LogP contribution >= 0.6 is 17.0 Å². The van der Waals surface area contributed by atoms with Crippen molar-refractivity contribution in [3.63, 3.8) is 0 Å². The molecule has 126 valence electrons. The fraction of sp³-hybridized carbons (Fsp3) is 0.588. The van der Waals surface area contributed by atoms with Crippen molar-refractivity contribution in [1.82, 2.24) is 4.90 Å². The molecule has 0 aliphatic heterocycles. The number of benzene rings is 1. The van der Waals surface area contributed by atoms with Crippen LogP contribution in [0.15, 0.2) is 23.2 Å². The molecule has 4 atom stereocenters. The molecule has 2 aliphatic carbocycles. The normalized spacial score (nSPS) is 29.0. The van der Waals surface area contributed by atoms with Crippen LogP contribution in [-0.4, -0.2) is 42.4 Å². The van der Waals surface area contributed by atoms with Gasteiger partial charge in [-0.3, -0.25) is 4.99 Å². The maximum atomic E-state index is 10.1. The minimum absolute atomic E-state index is 0.362. The molecule has 2 saturated carbocycles. The third-order valence-electron chi connectivity index (χ3n) is 5.08. The summed E-state index contributed by atoms with van der Waals surface area (Å²) in [5.74, 6) is 1.90. The first-order valence-electron chi connectivity index (χ1n) is 7.94. The predicted molar refractivity (Wildman–Crippen MR) is 94.2 cm³/mol. The second kappa shape index (κ2) is 8.99. The molecular formula is C17H24Cl2N2OZr. The Hall–Kier alpha value is 0.113. The second-order valence-electron chi connectivity index (χ2n) is 6.64. The zero-order valence-electron chi connectivity index (χ0n) is 13.8. The number of aliphatic imine (C=N–C) groups is 1. The molecule has 2 bridgehead atoms. The van der Waals surface area contributed by atoms with Gasteiger partial charge >= 0.3 is 37.9 Å². The summed E-state index contributed by atoms with van der Waals surface area (Å²) in [5.41, 5.74) is 1.75. The Bertz CT molecular complexity index is 553. The van der Waals surface area contributed by atoms with Gasteiger partial charge in [0.1, 0.15) is 5.75 Å². The number of fused-ring (bicyclic) bond motifs is 2. The van der Waals surface area contributed by atoms with Crippen LogP contribution in [0, 0.1) is 18.8 Å². The van der Waals surface area contributed by atoms with Crippen LogP contribution < -0.4 is 0 Å². The van der Waals surface area contributed by atoms with Crippen LogP contribution in [0.2, 0.25) is 0 Å². The summed E-state index contributed by atoms with van der Waals surface area (Å²) in [6.45, 7) is 1.92. The van der Waals surface area contributed by atoms with E-state index in [0.29, 0.717) is 17.8 Å². The van der Waals surface area contributed by atoms with Crippen LogP contribution in [0.25, 0.3) is 0 Å². The molecule has 2 aliphatic rings. The Morgan fingerprint density at radius 1 is 1.26 bits per heavy atom. The van der Waals surface area contributed by atoms with Crippen molar-refractivity contribution < 1.29 is 26.0 Å². The van der Waals surface area contributed by atoms with E-state index in [-0.39, 0.29) is 0 Å². The number of phenolic OH excluding ortho intramolecular Hbond substituents is 1. The van der Waals surface area contributed by atoms with Crippen LogP contribution in [0.4, 0.5) is 0 Å². The molecule has 0 saturated heterocycles. The van der Waals surface area contributed by atoms with Gasteiger partial charge < -0.3 is 10.0 Å². The van der Waals surface area contributed by atoms with E-state index in [1.54, 1.807) is 0 Å². The molecule has 0 amide bonds. The Balaban J connectivity index is 0.000000595. The van der Waals surface area contributed by atoms with Gasteiger partial charge in [0.15, 0.2) is 0 Å². The maximum absolute atomic E-state index is 10.1. The van der Waals surface area contributed by atoms with E-state index in [1.165, 1.54) is 19.3 Å². The monoisotopic (exact) mass is 432 g/mol. The van der Waals surface area contributed by atoms with Crippen molar-refractivity contribution in [2.75, 3.05) is 14.1 Å². The summed E-state index contributed by atoms with van der Waals surface area (Å²) in [7, 11) is 14.2.